The van der Waals surface area contributed by atoms with Gasteiger partial charge >= 0.3 is 6.09 Å². The number of hydrogen-bond acceptors (Lipinski definition) is 10. The fraction of sp³-hybridized carbons (Fsp3) is 0.818. The number of alkyl carbamates (subject to hydrolysis) is 1. The third-order valence-electron chi connectivity index (χ3n) is 13.6. The van der Waals surface area contributed by atoms with Gasteiger partial charge in [0.05, 0.1) is 18.8 Å². The van der Waals surface area contributed by atoms with Crippen molar-refractivity contribution in [3.63, 3.8) is 0 Å². The minimum atomic E-state index is -2.25. The standard InChI is InChI=1S/C55H98N4O9/c1-6-8-10-12-14-16-18-20-21-22-23-25-27-29-34-38-48(61)59(39-35-30-28-26-24-19-17-15-13-11-9-7-2)55(56)49(52(64)51(63)47(41-60)68-55)50(62)44(5)57-53(65)46(40-43(3)4)58-54(66)67-42-45-36-32-31-33-37-45/h31-33,36-37,43-44,46-47,49,51-52,60,63-64H,6-30,34-35,38-42,56H2,1-5H3,(H,57,65)(H,58,66)/t44-,46-,47+,49+,51+,52+,55-/m0/s1. The Morgan fingerprint density at radius 1 is 0.676 bits per heavy atom. The molecule has 1 saturated heterocycles. The summed E-state index contributed by atoms with van der Waals surface area (Å²) in [7, 11) is 0. The number of nitrogens with zero attached hydrogens (tertiary/aromatic N) is 1. The van der Waals surface area contributed by atoms with E-state index in [4.69, 9.17) is 15.2 Å². The highest BCUT2D eigenvalue weighted by Gasteiger charge is 2.59. The van der Waals surface area contributed by atoms with Gasteiger partial charge in [-0.15, -0.1) is 0 Å². The van der Waals surface area contributed by atoms with Crippen LogP contribution in [0, 0.1) is 11.8 Å². The third kappa shape index (κ3) is 24.1. The lowest BCUT2D eigenvalue weighted by atomic mass is 9.80. The zero-order valence-corrected chi connectivity index (χ0v) is 43.4. The maximum absolute atomic E-state index is 14.6. The third-order valence-corrected chi connectivity index (χ3v) is 13.6. The average Bonchev–Trinajstić information content (AvgIpc) is 3.32. The fourth-order valence-electron chi connectivity index (χ4n) is 9.45. The number of ketones is 1. The highest BCUT2D eigenvalue weighted by Crippen LogP contribution is 2.37. The molecule has 1 aliphatic rings. The van der Waals surface area contributed by atoms with Crippen molar-refractivity contribution in [3.05, 3.63) is 35.9 Å². The number of nitrogens with two attached hydrogens (primary N) is 1. The topological polar surface area (TPSA) is 201 Å². The zero-order valence-electron chi connectivity index (χ0n) is 43.4. The first kappa shape index (κ1) is 61.0. The molecular formula is C55H98N4O9. The van der Waals surface area contributed by atoms with Crippen LogP contribution < -0.4 is 16.4 Å². The molecule has 13 nitrogen and oxygen atoms in total. The first-order valence-corrected chi connectivity index (χ1v) is 27.4. The Hall–Kier alpha value is -3.10. The van der Waals surface area contributed by atoms with Gasteiger partial charge in [-0.2, -0.15) is 0 Å². The van der Waals surface area contributed by atoms with Gasteiger partial charge in [0.2, 0.25) is 17.7 Å². The number of rotatable bonds is 40. The van der Waals surface area contributed by atoms with E-state index in [-0.39, 0.29) is 37.8 Å². The van der Waals surface area contributed by atoms with E-state index < -0.39 is 66.6 Å². The molecule has 1 fully saturated rings. The van der Waals surface area contributed by atoms with Gasteiger partial charge < -0.3 is 40.3 Å². The summed E-state index contributed by atoms with van der Waals surface area (Å²) in [4.78, 5) is 56.9. The summed E-state index contributed by atoms with van der Waals surface area (Å²) in [6, 6.07) is 6.78. The Labute approximate surface area is 412 Å². The van der Waals surface area contributed by atoms with Crippen molar-refractivity contribution in [2.75, 3.05) is 13.2 Å². The maximum Gasteiger partial charge on any atom is 0.408 e. The van der Waals surface area contributed by atoms with Crippen molar-refractivity contribution >= 4 is 23.7 Å². The molecule has 2 rings (SSSR count). The number of nitrogens with one attached hydrogen (secondary N) is 2. The lowest BCUT2D eigenvalue weighted by Gasteiger charge is -2.53. The number of carbonyl (C=O) groups is 4. The van der Waals surface area contributed by atoms with Crippen molar-refractivity contribution in [2.45, 2.75) is 264 Å². The minimum absolute atomic E-state index is 0.000799. The van der Waals surface area contributed by atoms with Crippen molar-refractivity contribution in [1.29, 1.82) is 0 Å². The molecule has 7 atom stereocenters. The molecule has 0 aromatic heterocycles. The van der Waals surface area contributed by atoms with Crippen molar-refractivity contribution in [1.82, 2.24) is 15.5 Å². The highest BCUT2D eigenvalue weighted by atomic mass is 16.6. The summed E-state index contributed by atoms with van der Waals surface area (Å²) < 4.78 is 11.6. The van der Waals surface area contributed by atoms with Gasteiger partial charge in [0.1, 0.15) is 30.8 Å². The van der Waals surface area contributed by atoms with Crippen LogP contribution in [0.5, 0.6) is 0 Å². The number of hydrogen-bond donors (Lipinski definition) is 6. The molecule has 0 saturated carbocycles. The van der Waals surface area contributed by atoms with E-state index in [1.165, 1.54) is 127 Å². The summed E-state index contributed by atoms with van der Waals surface area (Å²) in [5.41, 5.74) is 7.87. The zero-order chi connectivity index (χ0) is 50.0. The summed E-state index contributed by atoms with van der Waals surface area (Å²) in [6.07, 6.45) is 25.9. The van der Waals surface area contributed by atoms with Crippen LogP contribution in [0.15, 0.2) is 30.3 Å². The van der Waals surface area contributed by atoms with Crippen LogP contribution in [0.3, 0.4) is 0 Å². The summed E-state index contributed by atoms with van der Waals surface area (Å²) in [5.74, 6) is -5.72. The van der Waals surface area contributed by atoms with Crippen LogP contribution in [0.4, 0.5) is 4.79 Å². The van der Waals surface area contributed by atoms with E-state index in [1.807, 2.05) is 44.2 Å². The predicted molar refractivity (Wildman–Crippen MR) is 272 cm³/mol. The number of ether oxygens (including phenoxy) is 2. The van der Waals surface area contributed by atoms with Gasteiger partial charge in [-0.3, -0.25) is 20.1 Å². The Morgan fingerprint density at radius 2 is 1.13 bits per heavy atom. The maximum atomic E-state index is 14.6. The molecule has 0 aliphatic carbocycles. The predicted octanol–water partition coefficient (Wildman–Crippen LogP) is 10.5. The summed E-state index contributed by atoms with van der Waals surface area (Å²) in [6.45, 7) is 9.13. The molecule has 1 aliphatic heterocycles. The first-order valence-electron chi connectivity index (χ1n) is 27.4. The number of aliphatic hydroxyl groups is 3. The second kappa shape index (κ2) is 36.8. The molecule has 1 aromatic carbocycles. The molecule has 1 heterocycles. The Balaban J connectivity index is 2.15. The van der Waals surface area contributed by atoms with E-state index in [2.05, 4.69) is 24.5 Å². The molecule has 13 heteroatoms. The summed E-state index contributed by atoms with van der Waals surface area (Å²) in [5, 5.41) is 38.4. The highest BCUT2D eigenvalue weighted by molar-refractivity contribution is 5.94. The monoisotopic (exact) mass is 959 g/mol. The van der Waals surface area contributed by atoms with Gasteiger partial charge in [0, 0.05) is 13.0 Å². The molecule has 0 spiro atoms. The number of aliphatic hydroxyl groups excluding tert-OH is 3. The fourth-order valence-corrected chi connectivity index (χ4v) is 9.45. The van der Waals surface area contributed by atoms with Crippen molar-refractivity contribution in [3.8, 4) is 0 Å². The Morgan fingerprint density at radius 3 is 1.59 bits per heavy atom. The largest absolute Gasteiger partial charge is 0.445 e. The Kier molecular flexibility index (Phi) is 33.0. The molecule has 0 bridgehead atoms. The number of benzene rings is 1. The van der Waals surface area contributed by atoms with Gasteiger partial charge in [0.15, 0.2) is 5.78 Å². The SMILES string of the molecule is CCCCCCCCCCCCCCCCCC(=O)N(CCCCCCCCCCCCCC)[C@]1(N)O[C@H](CO)[C@@H](O)[C@H](O)[C@H]1C(=O)[C@H](C)NC(=O)[C@H](CC(C)C)NC(=O)OCc1ccccc1. The van der Waals surface area contributed by atoms with Gasteiger partial charge in [0.25, 0.3) is 0 Å². The normalized spacial score (nSPS) is 20.2. The molecule has 1 aromatic rings. The van der Waals surface area contributed by atoms with E-state index in [1.54, 1.807) is 0 Å². The molecular weight excluding hydrogens is 861 g/mol. The number of unbranched alkanes of at least 4 members (excludes halogenated alkanes) is 25. The molecule has 7 N–H and O–H groups in total. The lowest BCUT2D eigenvalue weighted by molar-refractivity contribution is -0.291. The molecule has 68 heavy (non-hydrogen) atoms. The average molecular weight is 959 g/mol. The number of amides is 3. The van der Waals surface area contributed by atoms with E-state index >= 15 is 0 Å². The van der Waals surface area contributed by atoms with Crippen LogP contribution in [0.1, 0.15) is 226 Å². The van der Waals surface area contributed by atoms with E-state index in [9.17, 15) is 34.5 Å². The first-order chi connectivity index (χ1) is 32.8. The van der Waals surface area contributed by atoms with Gasteiger partial charge in [-0.05, 0) is 37.7 Å². The van der Waals surface area contributed by atoms with E-state index in [0.717, 1.165) is 50.5 Å². The Bertz CT molecular complexity index is 1480. The van der Waals surface area contributed by atoms with Crippen molar-refractivity contribution < 1.29 is 44.0 Å². The second-order valence-corrected chi connectivity index (χ2v) is 20.2. The van der Waals surface area contributed by atoms with Crippen molar-refractivity contribution in [2.24, 2.45) is 17.6 Å². The number of Topliss-reactive ketones (excluding diaryl/α,β-unsaturated/α-hetero) is 1. The smallest absolute Gasteiger partial charge is 0.408 e. The quantitative estimate of drug-likeness (QED) is 0.0272. The minimum Gasteiger partial charge on any atom is -0.445 e. The van der Waals surface area contributed by atoms with Crippen LogP contribution in [0.25, 0.3) is 0 Å². The molecule has 0 unspecified atom stereocenters. The van der Waals surface area contributed by atoms with Gasteiger partial charge in [-0.1, -0.05) is 219 Å². The lowest BCUT2D eigenvalue weighted by Crippen LogP contribution is -2.76. The summed E-state index contributed by atoms with van der Waals surface area (Å²) >= 11 is 0. The van der Waals surface area contributed by atoms with Crippen LogP contribution in [-0.4, -0.2) is 93.3 Å². The number of carbonyl (C=O) groups excluding carboxylic acids is 4. The van der Waals surface area contributed by atoms with E-state index in [0.29, 0.717) is 12.8 Å². The van der Waals surface area contributed by atoms with Gasteiger partial charge in [-0.25, -0.2) is 4.79 Å². The van der Waals surface area contributed by atoms with Crippen LogP contribution >= 0.6 is 0 Å². The van der Waals surface area contributed by atoms with Crippen LogP contribution in [-0.2, 0) is 30.5 Å². The van der Waals surface area contributed by atoms with Crippen LogP contribution in [0.2, 0.25) is 0 Å². The molecule has 0 radical (unpaired) electrons. The molecule has 3 amide bonds. The molecule has 392 valence electrons. The second-order valence-electron chi connectivity index (χ2n) is 20.2.